The van der Waals surface area contributed by atoms with E-state index in [1.807, 2.05) is 31.2 Å². The highest BCUT2D eigenvalue weighted by atomic mass is 35.5. The van der Waals surface area contributed by atoms with Crippen LogP contribution in [0.15, 0.2) is 36.7 Å². The Balaban J connectivity index is 1.95. The summed E-state index contributed by atoms with van der Waals surface area (Å²) in [6.45, 7) is 3.01. The molecule has 0 aliphatic rings. The number of rotatable bonds is 6. The molecule has 0 saturated carbocycles. The zero-order valence-corrected chi connectivity index (χ0v) is 12.7. The van der Waals surface area contributed by atoms with Crippen LogP contribution in [-0.4, -0.2) is 28.3 Å². The lowest BCUT2D eigenvalue weighted by molar-refractivity contribution is 0.0952. The molecule has 3 N–H and O–H groups in total. The number of benzene rings is 1. The molecule has 2 rings (SSSR count). The van der Waals surface area contributed by atoms with Crippen LogP contribution < -0.4 is 11.1 Å². The van der Waals surface area contributed by atoms with Crippen LogP contribution in [0.1, 0.15) is 29.3 Å². The van der Waals surface area contributed by atoms with Crippen molar-refractivity contribution in [2.45, 2.75) is 25.9 Å². The second-order valence-corrected chi connectivity index (χ2v) is 5.45. The summed E-state index contributed by atoms with van der Waals surface area (Å²) < 4.78 is 1.70. The summed E-state index contributed by atoms with van der Waals surface area (Å²) in [6, 6.07) is 7.65. The summed E-state index contributed by atoms with van der Waals surface area (Å²) in [7, 11) is 0. The molecule has 0 aliphatic heterocycles. The highest BCUT2D eigenvalue weighted by Crippen LogP contribution is 2.16. The summed E-state index contributed by atoms with van der Waals surface area (Å²) in [4.78, 5) is 11.9. The maximum absolute atomic E-state index is 11.9. The number of halogens is 1. The molecule has 1 aromatic heterocycles. The van der Waals surface area contributed by atoms with Crippen molar-refractivity contribution >= 4 is 17.5 Å². The molecule has 6 heteroatoms. The predicted molar refractivity (Wildman–Crippen MR) is 83.4 cm³/mol. The largest absolute Gasteiger partial charge is 0.352 e. The Bertz CT molecular complexity index is 609. The lowest BCUT2D eigenvalue weighted by Gasteiger charge is -2.06. The monoisotopic (exact) mass is 306 g/mol. The molecule has 0 fully saturated rings. The SMILES string of the molecule is CC(N)CCNC(=O)c1cnn(Cc2ccccc2Cl)c1. The minimum atomic E-state index is -0.138. The van der Waals surface area contributed by atoms with E-state index >= 15 is 0 Å². The van der Waals surface area contributed by atoms with Crippen molar-refractivity contribution < 1.29 is 4.79 Å². The number of amides is 1. The Morgan fingerprint density at radius 1 is 1.48 bits per heavy atom. The smallest absolute Gasteiger partial charge is 0.254 e. The maximum atomic E-state index is 11.9. The minimum absolute atomic E-state index is 0.0771. The van der Waals surface area contributed by atoms with Crippen molar-refractivity contribution in [3.8, 4) is 0 Å². The topological polar surface area (TPSA) is 72.9 Å². The summed E-state index contributed by atoms with van der Waals surface area (Å²) in [5, 5.41) is 7.70. The molecule has 1 aromatic carbocycles. The molecule has 0 radical (unpaired) electrons. The molecule has 1 heterocycles. The lowest BCUT2D eigenvalue weighted by atomic mass is 10.2. The number of aromatic nitrogens is 2. The van der Waals surface area contributed by atoms with Gasteiger partial charge in [-0.2, -0.15) is 5.10 Å². The average molecular weight is 307 g/mol. The van der Waals surface area contributed by atoms with E-state index < -0.39 is 0 Å². The van der Waals surface area contributed by atoms with E-state index in [1.54, 1.807) is 17.1 Å². The van der Waals surface area contributed by atoms with E-state index in [9.17, 15) is 4.79 Å². The minimum Gasteiger partial charge on any atom is -0.352 e. The fourth-order valence-corrected chi connectivity index (χ4v) is 2.08. The third-order valence-corrected chi connectivity index (χ3v) is 3.44. The number of hydrogen-bond acceptors (Lipinski definition) is 3. The molecule has 1 unspecified atom stereocenters. The molecule has 1 amide bonds. The number of carbonyl (C=O) groups excluding carboxylic acids is 1. The number of nitrogens with two attached hydrogens (primary N) is 1. The molecule has 0 aliphatic carbocycles. The Hall–Kier alpha value is -1.85. The van der Waals surface area contributed by atoms with E-state index in [2.05, 4.69) is 10.4 Å². The van der Waals surface area contributed by atoms with Gasteiger partial charge in [0.1, 0.15) is 0 Å². The number of carbonyl (C=O) groups is 1. The van der Waals surface area contributed by atoms with Gasteiger partial charge in [-0.15, -0.1) is 0 Å². The van der Waals surface area contributed by atoms with E-state index in [4.69, 9.17) is 17.3 Å². The van der Waals surface area contributed by atoms with E-state index in [1.165, 1.54) is 0 Å². The van der Waals surface area contributed by atoms with Crippen LogP contribution in [0.2, 0.25) is 5.02 Å². The summed E-state index contributed by atoms with van der Waals surface area (Å²) in [5.41, 5.74) is 7.14. The van der Waals surface area contributed by atoms with Crippen LogP contribution in [0.25, 0.3) is 0 Å². The third-order valence-electron chi connectivity index (χ3n) is 3.07. The standard InChI is InChI=1S/C15H19ClN4O/c1-11(17)6-7-18-15(21)13-8-19-20(10-13)9-12-4-2-3-5-14(12)16/h2-5,8,10-11H,6-7,9,17H2,1H3,(H,18,21). The maximum Gasteiger partial charge on any atom is 0.254 e. The van der Waals surface area contributed by atoms with Gasteiger partial charge >= 0.3 is 0 Å². The first-order chi connectivity index (χ1) is 10.1. The highest BCUT2D eigenvalue weighted by molar-refractivity contribution is 6.31. The van der Waals surface area contributed by atoms with E-state index in [0.717, 1.165) is 12.0 Å². The van der Waals surface area contributed by atoms with Gasteiger partial charge in [0.05, 0.1) is 18.3 Å². The normalized spacial score (nSPS) is 12.1. The molecular weight excluding hydrogens is 288 g/mol. The number of nitrogens with one attached hydrogen (secondary N) is 1. The molecular formula is C15H19ClN4O. The first-order valence-electron chi connectivity index (χ1n) is 6.86. The average Bonchev–Trinajstić information content (AvgIpc) is 2.89. The summed E-state index contributed by atoms with van der Waals surface area (Å²) in [6.07, 6.45) is 4.02. The second-order valence-electron chi connectivity index (χ2n) is 5.04. The quantitative estimate of drug-likeness (QED) is 0.858. The zero-order chi connectivity index (χ0) is 15.2. The molecule has 5 nitrogen and oxygen atoms in total. The van der Waals surface area contributed by atoms with Gasteiger partial charge in [0, 0.05) is 23.8 Å². The van der Waals surface area contributed by atoms with Crippen molar-refractivity contribution in [3.05, 3.63) is 52.8 Å². The van der Waals surface area contributed by atoms with Gasteiger partial charge < -0.3 is 11.1 Å². The first-order valence-corrected chi connectivity index (χ1v) is 7.23. The molecule has 112 valence electrons. The van der Waals surface area contributed by atoms with Crippen LogP contribution >= 0.6 is 11.6 Å². The Kier molecular flexibility index (Phi) is 5.36. The molecule has 2 aromatic rings. The second kappa shape index (κ2) is 7.24. The Labute approximate surface area is 129 Å². The molecule has 21 heavy (non-hydrogen) atoms. The van der Waals surface area contributed by atoms with Gasteiger partial charge in [0.2, 0.25) is 0 Å². The molecule has 1 atom stereocenters. The lowest BCUT2D eigenvalue weighted by Crippen LogP contribution is -2.28. The van der Waals surface area contributed by atoms with Crippen LogP contribution in [-0.2, 0) is 6.54 Å². The van der Waals surface area contributed by atoms with Crippen molar-refractivity contribution in [1.29, 1.82) is 0 Å². The van der Waals surface area contributed by atoms with Crippen LogP contribution in [0.5, 0.6) is 0 Å². The van der Waals surface area contributed by atoms with Crippen molar-refractivity contribution in [1.82, 2.24) is 15.1 Å². The third kappa shape index (κ3) is 4.58. The fourth-order valence-electron chi connectivity index (χ4n) is 1.88. The van der Waals surface area contributed by atoms with Crippen molar-refractivity contribution in [3.63, 3.8) is 0 Å². The number of nitrogens with zero attached hydrogens (tertiary/aromatic N) is 2. The van der Waals surface area contributed by atoms with Gasteiger partial charge in [0.25, 0.3) is 5.91 Å². The van der Waals surface area contributed by atoms with Crippen LogP contribution in [0, 0.1) is 0 Å². The molecule has 0 bridgehead atoms. The first kappa shape index (κ1) is 15.5. The van der Waals surface area contributed by atoms with Crippen LogP contribution in [0.4, 0.5) is 0 Å². The van der Waals surface area contributed by atoms with E-state index in [0.29, 0.717) is 23.7 Å². The van der Waals surface area contributed by atoms with Crippen LogP contribution in [0.3, 0.4) is 0 Å². The van der Waals surface area contributed by atoms with Gasteiger partial charge in [-0.1, -0.05) is 29.8 Å². The van der Waals surface area contributed by atoms with Crippen molar-refractivity contribution in [2.24, 2.45) is 5.73 Å². The summed E-state index contributed by atoms with van der Waals surface area (Å²) in [5.74, 6) is -0.138. The predicted octanol–water partition coefficient (Wildman–Crippen LogP) is 2.05. The van der Waals surface area contributed by atoms with Gasteiger partial charge in [0.15, 0.2) is 0 Å². The number of hydrogen-bond donors (Lipinski definition) is 2. The molecule has 0 spiro atoms. The van der Waals surface area contributed by atoms with Crippen molar-refractivity contribution in [2.75, 3.05) is 6.54 Å². The Morgan fingerprint density at radius 2 is 2.24 bits per heavy atom. The zero-order valence-electron chi connectivity index (χ0n) is 11.9. The van der Waals surface area contributed by atoms with Gasteiger partial charge in [-0.05, 0) is 25.0 Å². The molecule has 0 saturated heterocycles. The van der Waals surface area contributed by atoms with E-state index in [-0.39, 0.29) is 11.9 Å². The fraction of sp³-hybridized carbons (Fsp3) is 0.333. The van der Waals surface area contributed by atoms with Gasteiger partial charge in [-0.3, -0.25) is 9.48 Å². The van der Waals surface area contributed by atoms with Gasteiger partial charge in [-0.25, -0.2) is 0 Å². The Morgan fingerprint density at radius 3 is 2.95 bits per heavy atom. The highest BCUT2D eigenvalue weighted by Gasteiger charge is 2.09. The summed E-state index contributed by atoms with van der Waals surface area (Å²) >= 11 is 6.11.